The molecule has 0 radical (unpaired) electrons. The van der Waals surface area contributed by atoms with Gasteiger partial charge in [0, 0.05) is 19.6 Å². The van der Waals surface area contributed by atoms with Gasteiger partial charge in [0.15, 0.2) is 0 Å². The standard InChI is InChI=1S/C17H21N3O/c18-12-14-11-17(19-13-14,15-7-3-1-4-8-15)16(21)20-9-5-2-6-10-20/h1,3-4,7-8,14,19H,2,5-6,9-11,13H2/t14-,17+/m1/s1. The summed E-state index contributed by atoms with van der Waals surface area (Å²) in [6, 6.07) is 12.2. The third kappa shape index (κ3) is 2.54. The minimum Gasteiger partial charge on any atom is -0.341 e. The summed E-state index contributed by atoms with van der Waals surface area (Å²) >= 11 is 0. The fourth-order valence-electron chi connectivity index (χ4n) is 3.50. The largest absolute Gasteiger partial charge is 0.341 e. The Labute approximate surface area is 125 Å². The maximum Gasteiger partial charge on any atom is 0.247 e. The molecule has 0 unspecified atom stereocenters. The average Bonchev–Trinajstić information content (AvgIpc) is 3.01. The van der Waals surface area contributed by atoms with Crippen LogP contribution in [0.2, 0.25) is 0 Å². The fourth-order valence-corrected chi connectivity index (χ4v) is 3.50. The van der Waals surface area contributed by atoms with Crippen molar-refractivity contribution in [2.45, 2.75) is 31.2 Å². The summed E-state index contributed by atoms with van der Waals surface area (Å²) in [5.41, 5.74) is 0.275. The van der Waals surface area contributed by atoms with Crippen molar-refractivity contribution in [2.24, 2.45) is 5.92 Å². The zero-order chi connectivity index (χ0) is 14.7. The number of nitrogens with zero attached hydrogens (tertiary/aromatic N) is 2. The zero-order valence-corrected chi connectivity index (χ0v) is 12.2. The number of hydrogen-bond acceptors (Lipinski definition) is 3. The van der Waals surface area contributed by atoms with E-state index in [1.54, 1.807) is 0 Å². The molecule has 1 aromatic carbocycles. The molecule has 2 atom stereocenters. The molecule has 3 rings (SSSR count). The molecule has 2 aliphatic rings. The monoisotopic (exact) mass is 283 g/mol. The van der Waals surface area contributed by atoms with Crippen molar-refractivity contribution < 1.29 is 4.79 Å². The van der Waals surface area contributed by atoms with Crippen LogP contribution in [0.5, 0.6) is 0 Å². The Kier molecular flexibility index (Phi) is 3.94. The molecule has 2 aliphatic heterocycles. The van der Waals surface area contributed by atoms with Gasteiger partial charge in [-0.05, 0) is 31.2 Å². The van der Waals surface area contributed by atoms with Gasteiger partial charge in [0.05, 0.1) is 12.0 Å². The van der Waals surface area contributed by atoms with Gasteiger partial charge in [-0.25, -0.2) is 0 Å². The second-order valence-electron chi connectivity index (χ2n) is 6.04. The average molecular weight is 283 g/mol. The van der Waals surface area contributed by atoms with E-state index < -0.39 is 5.54 Å². The second kappa shape index (κ2) is 5.87. The van der Waals surface area contributed by atoms with E-state index in [-0.39, 0.29) is 11.8 Å². The molecule has 1 N–H and O–H groups in total. The highest BCUT2D eigenvalue weighted by molar-refractivity contribution is 5.88. The maximum atomic E-state index is 13.1. The van der Waals surface area contributed by atoms with E-state index in [2.05, 4.69) is 11.4 Å². The molecule has 110 valence electrons. The maximum absolute atomic E-state index is 13.1. The third-order valence-electron chi connectivity index (χ3n) is 4.66. The van der Waals surface area contributed by atoms with Gasteiger partial charge < -0.3 is 4.90 Å². The Morgan fingerprint density at radius 1 is 1.24 bits per heavy atom. The lowest BCUT2D eigenvalue weighted by molar-refractivity contribution is -0.139. The van der Waals surface area contributed by atoms with Crippen molar-refractivity contribution in [1.29, 1.82) is 5.26 Å². The molecule has 21 heavy (non-hydrogen) atoms. The number of piperidine rings is 1. The minimum atomic E-state index is -0.709. The van der Waals surface area contributed by atoms with Gasteiger partial charge in [-0.15, -0.1) is 0 Å². The molecule has 0 bridgehead atoms. The van der Waals surface area contributed by atoms with Crippen molar-refractivity contribution >= 4 is 5.91 Å². The summed E-state index contributed by atoms with van der Waals surface area (Å²) in [6.07, 6.45) is 3.94. The smallest absolute Gasteiger partial charge is 0.247 e. The van der Waals surface area contributed by atoms with E-state index in [1.807, 2.05) is 35.2 Å². The predicted octanol–water partition coefficient (Wildman–Crippen LogP) is 2.03. The molecule has 4 nitrogen and oxygen atoms in total. The lowest BCUT2D eigenvalue weighted by Gasteiger charge is -2.37. The van der Waals surface area contributed by atoms with Crippen LogP contribution in [0.1, 0.15) is 31.2 Å². The van der Waals surface area contributed by atoms with Crippen LogP contribution < -0.4 is 5.32 Å². The van der Waals surface area contributed by atoms with E-state index in [1.165, 1.54) is 6.42 Å². The number of amides is 1. The van der Waals surface area contributed by atoms with Crippen LogP contribution in [0.15, 0.2) is 30.3 Å². The Balaban J connectivity index is 1.93. The first-order valence-corrected chi connectivity index (χ1v) is 7.76. The van der Waals surface area contributed by atoms with Crippen LogP contribution in [0.3, 0.4) is 0 Å². The molecule has 4 heteroatoms. The molecule has 0 saturated carbocycles. The summed E-state index contributed by atoms with van der Waals surface area (Å²) < 4.78 is 0. The molecule has 2 fully saturated rings. The van der Waals surface area contributed by atoms with Gasteiger partial charge in [0.2, 0.25) is 5.91 Å². The van der Waals surface area contributed by atoms with Gasteiger partial charge in [-0.2, -0.15) is 5.26 Å². The van der Waals surface area contributed by atoms with Crippen molar-refractivity contribution in [2.75, 3.05) is 19.6 Å². The summed E-state index contributed by atoms with van der Waals surface area (Å²) in [7, 11) is 0. The third-order valence-corrected chi connectivity index (χ3v) is 4.66. The second-order valence-corrected chi connectivity index (χ2v) is 6.04. The minimum absolute atomic E-state index is 0.0982. The molecule has 1 amide bonds. The van der Waals surface area contributed by atoms with Gasteiger partial charge in [0.1, 0.15) is 5.54 Å². The van der Waals surface area contributed by atoms with Crippen molar-refractivity contribution in [3.8, 4) is 6.07 Å². The Hall–Kier alpha value is -1.86. The van der Waals surface area contributed by atoms with Gasteiger partial charge >= 0.3 is 0 Å². The van der Waals surface area contributed by atoms with Crippen LogP contribution in [-0.4, -0.2) is 30.4 Å². The number of rotatable bonds is 2. The molecular weight excluding hydrogens is 262 g/mol. The van der Waals surface area contributed by atoms with Gasteiger partial charge in [0.25, 0.3) is 0 Å². The summed E-state index contributed by atoms with van der Waals surface area (Å²) in [5.74, 6) is 0.0464. The van der Waals surface area contributed by atoms with Crippen LogP contribution in [0, 0.1) is 17.2 Å². The Bertz CT molecular complexity index is 545. The number of carbonyl (C=O) groups excluding carboxylic acids is 1. The molecule has 0 spiro atoms. The lowest BCUT2D eigenvalue weighted by Crippen LogP contribution is -2.53. The van der Waals surface area contributed by atoms with E-state index in [9.17, 15) is 10.1 Å². The first-order valence-electron chi connectivity index (χ1n) is 7.76. The number of nitrogens with one attached hydrogen (secondary N) is 1. The van der Waals surface area contributed by atoms with Crippen molar-refractivity contribution in [1.82, 2.24) is 10.2 Å². The Morgan fingerprint density at radius 2 is 1.95 bits per heavy atom. The molecule has 2 heterocycles. The normalized spacial score (nSPS) is 29.1. The van der Waals surface area contributed by atoms with E-state index in [4.69, 9.17) is 0 Å². The van der Waals surface area contributed by atoms with Gasteiger partial charge in [-0.1, -0.05) is 30.3 Å². The highest BCUT2D eigenvalue weighted by Gasteiger charge is 2.48. The highest BCUT2D eigenvalue weighted by Crippen LogP contribution is 2.36. The fraction of sp³-hybridized carbons (Fsp3) is 0.529. The number of carbonyl (C=O) groups is 1. The molecule has 1 aromatic rings. The predicted molar refractivity (Wildman–Crippen MR) is 80.3 cm³/mol. The molecule has 0 aromatic heterocycles. The van der Waals surface area contributed by atoms with E-state index in [0.717, 1.165) is 31.5 Å². The molecule has 0 aliphatic carbocycles. The lowest BCUT2D eigenvalue weighted by atomic mass is 9.84. The molecular formula is C17H21N3O. The number of hydrogen-bond donors (Lipinski definition) is 1. The topological polar surface area (TPSA) is 56.1 Å². The highest BCUT2D eigenvalue weighted by atomic mass is 16.2. The quantitative estimate of drug-likeness (QED) is 0.903. The van der Waals surface area contributed by atoms with Crippen LogP contribution >= 0.6 is 0 Å². The van der Waals surface area contributed by atoms with E-state index in [0.29, 0.717) is 13.0 Å². The summed E-state index contributed by atoms with van der Waals surface area (Å²) in [5, 5.41) is 12.6. The number of benzene rings is 1. The van der Waals surface area contributed by atoms with Crippen molar-refractivity contribution in [3.63, 3.8) is 0 Å². The van der Waals surface area contributed by atoms with Gasteiger partial charge in [-0.3, -0.25) is 10.1 Å². The van der Waals surface area contributed by atoms with E-state index >= 15 is 0 Å². The SMILES string of the molecule is N#C[C@@H]1CN[C@](C(=O)N2CCCCC2)(c2ccccc2)C1. The van der Waals surface area contributed by atoms with Crippen LogP contribution in [0.4, 0.5) is 0 Å². The molecule has 2 saturated heterocycles. The van der Waals surface area contributed by atoms with Crippen LogP contribution in [0.25, 0.3) is 0 Å². The summed E-state index contributed by atoms with van der Waals surface area (Å²) in [4.78, 5) is 15.1. The number of nitriles is 1. The van der Waals surface area contributed by atoms with Crippen molar-refractivity contribution in [3.05, 3.63) is 35.9 Å². The summed E-state index contributed by atoms with van der Waals surface area (Å²) in [6.45, 7) is 2.27. The first-order chi connectivity index (χ1) is 10.3. The van der Waals surface area contributed by atoms with Crippen LogP contribution in [-0.2, 0) is 10.3 Å². The first kappa shape index (κ1) is 14.1. The zero-order valence-electron chi connectivity index (χ0n) is 12.2. The number of likely N-dealkylation sites (tertiary alicyclic amines) is 1. The Morgan fingerprint density at radius 3 is 2.57 bits per heavy atom.